The third-order valence-corrected chi connectivity index (χ3v) is 4.60. The van der Waals surface area contributed by atoms with Crippen molar-refractivity contribution in [3.8, 4) is 0 Å². The van der Waals surface area contributed by atoms with Gasteiger partial charge in [-0.15, -0.1) is 0 Å². The third kappa shape index (κ3) is 1.66. The van der Waals surface area contributed by atoms with Crippen molar-refractivity contribution in [2.24, 2.45) is 17.6 Å². The summed E-state index contributed by atoms with van der Waals surface area (Å²) >= 11 is 0. The van der Waals surface area contributed by atoms with E-state index in [1.807, 2.05) is 0 Å². The molecule has 5 atom stereocenters. The molecule has 20 heavy (non-hydrogen) atoms. The average molecular weight is 282 g/mol. The smallest absolute Gasteiger partial charge is 0.449 e. The Labute approximate surface area is 116 Å². The van der Waals surface area contributed by atoms with E-state index in [1.165, 1.54) is 4.90 Å². The zero-order chi connectivity index (χ0) is 14.6. The van der Waals surface area contributed by atoms with Gasteiger partial charge in [-0.05, 0) is 19.8 Å². The molecule has 0 aromatic heterocycles. The van der Waals surface area contributed by atoms with Crippen molar-refractivity contribution in [1.29, 1.82) is 0 Å². The van der Waals surface area contributed by atoms with Crippen LogP contribution >= 0.6 is 0 Å². The molecule has 0 aromatic carbocycles. The van der Waals surface area contributed by atoms with Crippen molar-refractivity contribution < 1.29 is 24.5 Å². The van der Waals surface area contributed by atoms with Gasteiger partial charge in [0.05, 0.1) is 18.1 Å². The first-order valence-electron chi connectivity index (χ1n) is 6.85. The Balaban J connectivity index is 1.99. The molecule has 2 fully saturated rings. The van der Waals surface area contributed by atoms with Gasteiger partial charge in [-0.1, -0.05) is 6.42 Å². The first-order valence-corrected chi connectivity index (χ1v) is 6.85. The Bertz CT molecular complexity index is 501. The topological polar surface area (TPSA) is 113 Å². The number of hydrogen-bond donors (Lipinski definition) is 3. The van der Waals surface area contributed by atoms with Crippen molar-refractivity contribution in [3.63, 3.8) is 0 Å². The van der Waals surface area contributed by atoms with Crippen LogP contribution in [0.4, 0.5) is 4.79 Å². The molecule has 1 saturated carbocycles. The van der Waals surface area contributed by atoms with E-state index in [2.05, 4.69) is 0 Å². The molecule has 0 bridgehead atoms. The highest BCUT2D eigenvalue weighted by Crippen LogP contribution is 2.51. The Morgan fingerprint density at radius 1 is 1.50 bits per heavy atom. The summed E-state index contributed by atoms with van der Waals surface area (Å²) in [6, 6.07) is -0.491. The predicted octanol–water partition coefficient (Wildman–Crippen LogP) is 0.241. The minimum absolute atomic E-state index is 0.00500. The van der Waals surface area contributed by atoms with Crippen molar-refractivity contribution in [1.82, 2.24) is 4.90 Å². The second-order valence-corrected chi connectivity index (χ2v) is 5.74. The van der Waals surface area contributed by atoms with Crippen molar-refractivity contribution in [2.75, 3.05) is 0 Å². The first-order chi connectivity index (χ1) is 9.43. The Hall–Kier alpha value is -1.60. The number of ether oxygens (including phenoxy) is 1. The fourth-order valence-electron chi connectivity index (χ4n) is 3.83. The normalized spacial score (nSPS) is 37.1. The molecule has 3 rings (SSSR count). The number of rotatable bonds is 2. The summed E-state index contributed by atoms with van der Waals surface area (Å²) in [5.41, 5.74) is 6.80. The van der Waals surface area contributed by atoms with E-state index < -0.39 is 18.2 Å². The second-order valence-electron chi connectivity index (χ2n) is 5.74. The van der Waals surface area contributed by atoms with E-state index in [0.717, 1.165) is 24.8 Å². The molecule has 2 heterocycles. The maximum Gasteiger partial charge on any atom is 0.512 e. The van der Waals surface area contributed by atoms with Crippen LogP contribution in [0.15, 0.2) is 11.5 Å². The summed E-state index contributed by atoms with van der Waals surface area (Å²) in [4.78, 5) is 24.4. The highest BCUT2D eigenvalue weighted by molar-refractivity contribution is 5.90. The van der Waals surface area contributed by atoms with Crippen LogP contribution in [0.1, 0.15) is 26.2 Å². The Kier molecular flexibility index (Phi) is 2.98. The van der Waals surface area contributed by atoms with E-state index in [-0.39, 0.29) is 29.8 Å². The third-order valence-electron chi connectivity index (χ3n) is 4.60. The van der Waals surface area contributed by atoms with Gasteiger partial charge in [0, 0.05) is 17.5 Å². The minimum Gasteiger partial charge on any atom is -0.449 e. The summed E-state index contributed by atoms with van der Waals surface area (Å²) in [7, 11) is 0. The SMILES string of the molecule is CC(O)[C@H]1C(=O)N2C(OC(=O)O)=C3[C@@H](N)CCC[C@@H]3[C@H]12. The van der Waals surface area contributed by atoms with Gasteiger partial charge < -0.3 is 20.7 Å². The predicted molar refractivity (Wildman–Crippen MR) is 67.3 cm³/mol. The van der Waals surface area contributed by atoms with Crippen LogP contribution in [0.3, 0.4) is 0 Å². The van der Waals surface area contributed by atoms with Gasteiger partial charge in [-0.2, -0.15) is 0 Å². The molecule has 0 spiro atoms. The number of nitrogens with zero attached hydrogens (tertiary/aromatic N) is 1. The number of nitrogens with two attached hydrogens (primary N) is 1. The van der Waals surface area contributed by atoms with Gasteiger partial charge in [0.25, 0.3) is 0 Å². The number of β-lactam (4-membered cyclic amide) rings is 1. The van der Waals surface area contributed by atoms with Gasteiger partial charge in [0.15, 0.2) is 0 Å². The lowest BCUT2D eigenvalue weighted by atomic mass is 9.71. The number of aliphatic hydroxyl groups excluding tert-OH is 1. The molecule has 2 aliphatic heterocycles. The molecule has 1 aliphatic carbocycles. The minimum atomic E-state index is -1.45. The number of hydrogen-bond acceptors (Lipinski definition) is 5. The number of fused-ring (bicyclic) bond motifs is 3. The number of carboxylic acid groups (broad SMARTS) is 1. The quantitative estimate of drug-likeness (QED) is 0.494. The highest BCUT2D eigenvalue weighted by atomic mass is 16.7. The average Bonchev–Trinajstić information content (AvgIpc) is 2.59. The molecular formula is C13H18N2O5. The van der Waals surface area contributed by atoms with Crippen molar-refractivity contribution >= 4 is 12.1 Å². The largest absolute Gasteiger partial charge is 0.512 e. The van der Waals surface area contributed by atoms with Crippen LogP contribution in [0.2, 0.25) is 0 Å². The zero-order valence-corrected chi connectivity index (χ0v) is 11.2. The lowest BCUT2D eigenvalue weighted by molar-refractivity contribution is -0.163. The zero-order valence-electron chi connectivity index (χ0n) is 11.2. The summed E-state index contributed by atoms with van der Waals surface area (Å²) < 4.78 is 4.82. The standard InChI is InChI=1S/C13H18N2O5/c1-5(16)8-10-6-3-2-4-7(14)9(6)12(20-13(18)19)15(10)11(8)17/h5-8,10,16H,2-4,14H2,1H3,(H,18,19)/t5?,6-,7-,8+,10+/m0/s1. The van der Waals surface area contributed by atoms with Crippen LogP contribution in [-0.4, -0.2) is 45.4 Å². The van der Waals surface area contributed by atoms with Gasteiger partial charge in [-0.25, -0.2) is 4.79 Å². The molecule has 1 unspecified atom stereocenters. The van der Waals surface area contributed by atoms with Gasteiger partial charge >= 0.3 is 6.16 Å². The summed E-state index contributed by atoms with van der Waals surface area (Å²) in [5, 5.41) is 18.6. The molecule has 1 saturated heterocycles. The maximum atomic E-state index is 12.1. The van der Waals surface area contributed by atoms with Crippen LogP contribution < -0.4 is 5.73 Å². The Morgan fingerprint density at radius 3 is 2.80 bits per heavy atom. The van der Waals surface area contributed by atoms with Crippen molar-refractivity contribution in [3.05, 3.63) is 11.5 Å². The molecule has 1 amide bonds. The fourth-order valence-corrected chi connectivity index (χ4v) is 3.83. The number of carbonyl (C=O) groups is 2. The van der Waals surface area contributed by atoms with Crippen LogP contribution in [0.25, 0.3) is 0 Å². The van der Waals surface area contributed by atoms with Crippen LogP contribution in [-0.2, 0) is 9.53 Å². The molecule has 7 nitrogen and oxygen atoms in total. The van der Waals surface area contributed by atoms with E-state index in [4.69, 9.17) is 15.6 Å². The monoisotopic (exact) mass is 282 g/mol. The molecule has 3 aliphatic rings. The lowest BCUT2D eigenvalue weighted by Gasteiger charge is -2.47. The molecule has 0 radical (unpaired) electrons. The molecule has 110 valence electrons. The van der Waals surface area contributed by atoms with E-state index >= 15 is 0 Å². The molecule has 7 heteroatoms. The van der Waals surface area contributed by atoms with Crippen molar-refractivity contribution in [2.45, 2.75) is 44.4 Å². The first kappa shape index (κ1) is 13.4. The van der Waals surface area contributed by atoms with E-state index in [9.17, 15) is 14.7 Å². The summed E-state index contributed by atoms with van der Waals surface area (Å²) in [6.45, 7) is 1.58. The number of carbonyl (C=O) groups excluding carboxylic acids is 1. The van der Waals surface area contributed by atoms with Gasteiger partial charge in [0.2, 0.25) is 11.8 Å². The Morgan fingerprint density at radius 2 is 2.20 bits per heavy atom. The van der Waals surface area contributed by atoms with Gasteiger partial charge in [-0.3, -0.25) is 9.69 Å². The molecule has 0 aromatic rings. The molecular weight excluding hydrogens is 264 g/mol. The van der Waals surface area contributed by atoms with Crippen LogP contribution in [0.5, 0.6) is 0 Å². The summed E-state index contributed by atoms with van der Waals surface area (Å²) in [5.74, 6) is -0.683. The van der Waals surface area contributed by atoms with E-state index in [0.29, 0.717) is 0 Å². The van der Waals surface area contributed by atoms with Crippen LogP contribution in [0, 0.1) is 11.8 Å². The highest BCUT2D eigenvalue weighted by Gasteiger charge is 2.61. The fraction of sp³-hybridized carbons (Fsp3) is 0.692. The number of amides is 1. The lowest BCUT2D eigenvalue weighted by Crippen LogP contribution is -2.63. The second kappa shape index (κ2) is 4.46. The number of aliphatic hydroxyl groups is 1. The summed E-state index contributed by atoms with van der Waals surface area (Å²) in [6.07, 6.45) is 0.325. The molecule has 4 N–H and O–H groups in total. The maximum absolute atomic E-state index is 12.1. The van der Waals surface area contributed by atoms with E-state index in [1.54, 1.807) is 6.92 Å². The van der Waals surface area contributed by atoms with Gasteiger partial charge in [0.1, 0.15) is 0 Å².